The molecule has 0 aliphatic carbocycles. The highest BCUT2D eigenvalue weighted by Crippen LogP contribution is 2.23. The fourth-order valence-corrected chi connectivity index (χ4v) is 4.46. The minimum absolute atomic E-state index is 0.0341. The number of anilines is 1. The predicted molar refractivity (Wildman–Crippen MR) is 122 cm³/mol. The summed E-state index contributed by atoms with van der Waals surface area (Å²) in [6, 6.07) is 10.5. The van der Waals surface area contributed by atoms with Gasteiger partial charge in [-0.05, 0) is 29.5 Å². The zero-order valence-electron chi connectivity index (χ0n) is 17.7. The van der Waals surface area contributed by atoms with Crippen molar-refractivity contribution < 1.29 is 14.4 Å². The number of rotatable bonds is 8. The van der Waals surface area contributed by atoms with Crippen LogP contribution in [-0.4, -0.2) is 60.4 Å². The van der Waals surface area contributed by atoms with E-state index in [-0.39, 0.29) is 18.2 Å². The van der Waals surface area contributed by atoms with E-state index in [2.05, 4.69) is 17.6 Å². The van der Waals surface area contributed by atoms with Gasteiger partial charge in [0.15, 0.2) is 0 Å². The Hall–Kier alpha value is -2.91. The van der Waals surface area contributed by atoms with Crippen LogP contribution in [0.2, 0.25) is 0 Å². The van der Waals surface area contributed by atoms with Crippen LogP contribution in [0.25, 0.3) is 0 Å². The molecule has 1 aliphatic rings. The SMILES string of the molecule is CCc1ccccc1NC(=O)CN1CCN(C(=O)CC(NC(N)=O)c2cccs2)CC1. The van der Waals surface area contributed by atoms with Crippen molar-refractivity contribution in [1.29, 1.82) is 0 Å². The van der Waals surface area contributed by atoms with Crippen molar-refractivity contribution >= 4 is 34.9 Å². The number of nitrogens with two attached hydrogens (primary N) is 1. The second kappa shape index (κ2) is 10.9. The number of benzene rings is 1. The zero-order valence-corrected chi connectivity index (χ0v) is 18.5. The molecule has 0 bridgehead atoms. The number of primary amides is 1. The molecule has 4 N–H and O–H groups in total. The second-order valence-corrected chi connectivity index (χ2v) is 8.48. The summed E-state index contributed by atoms with van der Waals surface area (Å²) in [4.78, 5) is 41.3. The highest BCUT2D eigenvalue weighted by molar-refractivity contribution is 7.10. The third-order valence-electron chi connectivity index (χ3n) is 5.35. The molecule has 1 aromatic heterocycles. The van der Waals surface area contributed by atoms with E-state index in [1.54, 1.807) is 4.90 Å². The van der Waals surface area contributed by atoms with E-state index in [1.165, 1.54) is 11.3 Å². The Balaban J connectivity index is 1.47. The summed E-state index contributed by atoms with van der Waals surface area (Å²) in [5.41, 5.74) is 7.24. The Labute approximate surface area is 186 Å². The number of urea groups is 1. The van der Waals surface area contributed by atoms with Crippen molar-refractivity contribution in [1.82, 2.24) is 15.1 Å². The quantitative estimate of drug-likeness (QED) is 0.581. The Morgan fingerprint density at radius 3 is 2.48 bits per heavy atom. The number of thiophene rings is 1. The third kappa shape index (κ3) is 6.53. The maximum atomic E-state index is 12.8. The van der Waals surface area contributed by atoms with Gasteiger partial charge in [0.05, 0.1) is 19.0 Å². The largest absolute Gasteiger partial charge is 0.352 e. The summed E-state index contributed by atoms with van der Waals surface area (Å²) in [5.74, 6) is -0.0859. The molecule has 1 aliphatic heterocycles. The Morgan fingerprint density at radius 2 is 1.84 bits per heavy atom. The van der Waals surface area contributed by atoms with Gasteiger partial charge in [-0.3, -0.25) is 14.5 Å². The normalized spacial score (nSPS) is 15.3. The number of nitrogens with one attached hydrogen (secondary N) is 2. The first-order valence-corrected chi connectivity index (χ1v) is 11.3. The van der Waals surface area contributed by atoms with E-state index < -0.39 is 12.1 Å². The smallest absolute Gasteiger partial charge is 0.312 e. The number of hydrogen-bond acceptors (Lipinski definition) is 5. The van der Waals surface area contributed by atoms with Crippen molar-refractivity contribution in [2.45, 2.75) is 25.8 Å². The van der Waals surface area contributed by atoms with E-state index in [4.69, 9.17) is 5.73 Å². The molecule has 2 aromatic rings. The van der Waals surface area contributed by atoms with Gasteiger partial charge in [0, 0.05) is 36.7 Å². The van der Waals surface area contributed by atoms with Crippen LogP contribution in [0.1, 0.15) is 29.8 Å². The Morgan fingerprint density at radius 1 is 1.10 bits per heavy atom. The van der Waals surface area contributed by atoms with Crippen molar-refractivity contribution in [2.24, 2.45) is 5.73 Å². The van der Waals surface area contributed by atoms with Crippen LogP contribution in [0.4, 0.5) is 10.5 Å². The number of nitrogens with zero attached hydrogens (tertiary/aromatic N) is 2. The van der Waals surface area contributed by atoms with Crippen LogP contribution in [0.15, 0.2) is 41.8 Å². The Kier molecular flexibility index (Phi) is 8.02. The highest BCUT2D eigenvalue weighted by Gasteiger charge is 2.26. The molecule has 0 saturated carbocycles. The number of amides is 4. The summed E-state index contributed by atoms with van der Waals surface area (Å²) in [5, 5.41) is 7.55. The lowest BCUT2D eigenvalue weighted by molar-refractivity contribution is -0.133. The molecule has 9 heteroatoms. The number of carbonyl (C=O) groups is 3. The molecule has 0 radical (unpaired) electrons. The van der Waals surface area contributed by atoms with Crippen molar-refractivity contribution in [3.8, 4) is 0 Å². The fourth-order valence-electron chi connectivity index (χ4n) is 3.69. The molecule has 1 aromatic carbocycles. The minimum Gasteiger partial charge on any atom is -0.352 e. The monoisotopic (exact) mass is 443 g/mol. The predicted octanol–water partition coefficient (Wildman–Crippen LogP) is 2.19. The van der Waals surface area contributed by atoms with Crippen LogP contribution in [-0.2, 0) is 16.0 Å². The molecular weight excluding hydrogens is 414 g/mol. The van der Waals surface area contributed by atoms with E-state index in [1.807, 2.05) is 46.7 Å². The summed E-state index contributed by atoms with van der Waals surface area (Å²) >= 11 is 1.48. The molecule has 31 heavy (non-hydrogen) atoms. The first kappa shape index (κ1) is 22.8. The Bertz CT molecular complexity index is 894. The van der Waals surface area contributed by atoms with Gasteiger partial charge in [0.1, 0.15) is 0 Å². The number of aryl methyl sites for hydroxylation is 1. The summed E-state index contributed by atoms with van der Waals surface area (Å²) in [7, 11) is 0. The molecule has 1 atom stereocenters. The van der Waals surface area contributed by atoms with E-state index >= 15 is 0 Å². The topological polar surface area (TPSA) is 108 Å². The molecule has 0 spiro atoms. The van der Waals surface area contributed by atoms with Gasteiger partial charge >= 0.3 is 6.03 Å². The molecule has 166 valence electrons. The van der Waals surface area contributed by atoms with Crippen molar-refractivity contribution in [3.63, 3.8) is 0 Å². The van der Waals surface area contributed by atoms with E-state index in [0.29, 0.717) is 32.7 Å². The fraction of sp³-hybridized carbons (Fsp3) is 0.409. The first-order valence-electron chi connectivity index (χ1n) is 10.4. The van der Waals surface area contributed by atoms with Gasteiger partial charge in [-0.2, -0.15) is 0 Å². The van der Waals surface area contributed by atoms with Crippen LogP contribution in [0.3, 0.4) is 0 Å². The van der Waals surface area contributed by atoms with Crippen LogP contribution in [0, 0.1) is 0 Å². The molecule has 3 rings (SSSR count). The van der Waals surface area contributed by atoms with Gasteiger partial charge in [-0.1, -0.05) is 31.2 Å². The van der Waals surface area contributed by atoms with Crippen molar-refractivity contribution in [2.75, 3.05) is 38.0 Å². The van der Waals surface area contributed by atoms with Crippen molar-refractivity contribution in [3.05, 3.63) is 52.2 Å². The molecule has 1 fully saturated rings. The zero-order chi connectivity index (χ0) is 22.2. The average Bonchev–Trinajstić information content (AvgIpc) is 3.28. The molecular formula is C22H29N5O3S. The molecule has 2 heterocycles. The maximum Gasteiger partial charge on any atom is 0.312 e. The van der Waals surface area contributed by atoms with Crippen LogP contribution < -0.4 is 16.4 Å². The maximum absolute atomic E-state index is 12.8. The number of para-hydroxylation sites is 1. The lowest BCUT2D eigenvalue weighted by atomic mass is 10.1. The number of piperazine rings is 1. The van der Waals surface area contributed by atoms with E-state index in [9.17, 15) is 14.4 Å². The van der Waals surface area contributed by atoms with Crippen LogP contribution >= 0.6 is 11.3 Å². The van der Waals surface area contributed by atoms with Gasteiger partial charge in [-0.15, -0.1) is 11.3 Å². The number of carbonyl (C=O) groups excluding carboxylic acids is 3. The minimum atomic E-state index is -0.647. The summed E-state index contributed by atoms with van der Waals surface area (Å²) in [6.45, 7) is 4.70. The molecule has 1 unspecified atom stereocenters. The molecule has 4 amide bonds. The van der Waals surface area contributed by atoms with E-state index in [0.717, 1.165) is 22.5 Å². The molecule has 1 saturated heterocycles. The summed E-state index contributed by atoms with van der Waals surface area (Å²) < 4.78 is 0. The summed E-state index contributed by atoms with van der Waals surface area (Å²) in [6.07, 6.45) is 1.02. The highest BCUT2D eigenvalue weighted by atomic mass is 32.1. The number of hydrogen-bond donors (Lipinski definition) is 3. The standard InChI is InChI=1S/C22H29N5O3S/c1-2-16-6-3-4-7-17(16)24-20(28)15-26-9-11-27(12-10-26)21(29)14-18(25-22(23)30)19-8-5-13-31-19/h3-8,13,18H,2,9-12,14-15H2,1H3,(H,24,28)(H3,23,25,30). The molecule has 8 nitrogen and oxygen atoms in total. The lowest BCUT2D eigenvalue weighted by Crippen LogP contribution is -2.51. The van der Waals surface area contributed by atoms with Gasteiger partial charge in [0.2, 0.25) is 11.8 Å². The van der Waals surface area contributed by atoms with Crippen LogP contribution in [0.5, 0.6) is 0 Å². The van der Waals surface area contributed by atoms with Gasteiger partial charge in [0.25, 0.3) is 0 Å². The van der Waals surface area contributed by atoms with Gasteiger partial charge < -0.3 is 21.3 Å². The lowest BCUT2D eigenvalue weighted by Gasteiger charge is -2.35. The third-order valence-corrected chi connectivity index (χ3v) is 6.33. The first-order chi connectivity index (χ1) is 15.0. The van der Waals surface area contributed by atoms with Gasteiger partial charge in [-0.25, -0.2) is 4.79 Å². The average molecular weight is 444 g/mol. The second-order valence-electron chi connectivity index (χ2n) is 7.50.